The molecule has 1 aromatic heterocycles. The Bertz CT molecular complexity index is 508. The summed E-state index contributed by atoms with van der Waals surface area (Å²) in [7, 11) is 0. The lowest BCUT2D eigenvalue weighted by Crippen LogP contribution is -2.22. The maximum absolute atomic E-state index is 5.76. The predicted octanol–water partition coefficient (Wildman–Crippen LogP) is 2.78. The molecule has 0 saturated heterocycles. The van der Waals surface area contributed by atoms with Crippen LogP contribution in [0.2, 0.25) is 0 Å². The smallest absolute Gasteiger partial charge is 0.119 e. The molecule has 5 heteroatoms. The van der Waals surface area contributed by atoms with E-state index in [1.165, 1.54) is 29.9 Å². The lowest BCUT2D eigenvalue weighted by atomic mass is 10.0. The number of nitrogens with zero attached hydrogens (tertiary/aromatic N) is 2. The van der Waals surface area contributed by atoms with Crippen LogP contribution in [0.4, 0.5) is 0 Å². The molecule has 19 heavy (non-hydrogen) atoms. The van der Waals surface area contributed by atoms with Crippen molar-refractivity contribution in [1.82, 2.24) is 14.9 Å². The molecule has 2 aromatic rings. The highest BCUT2D eigenvalue weighted by atomic mass is 32.1. The molecular weight excluding hydrogens is 258 g/mol. The summed E-state index contributed by atoms with van der Waals surface area (Å²) in [5.74, 6) is 0.956. The molecule has 0 amide bonds. The van der Waals surface area contributed by atoms with E-state index in [4.69, 9.17) is 4.74 Å². The normalized spacial score (nSPS) is 16.3. The molecule has 0 bridgehead atoms. The molecule has 1 fully saturated rings. The molecule has 3 rings (SSSR count). The van der Waals surface area contributed by atoms with Gasteiger partial charge in [0.05, 0.1) is 17.8 Å². The molecule has 1 N–H and O–H groups in total. The monoisotopic (exact) mass is 275 g/mol. The highest BCUT2D eigenvalue weighted by Crippen LogP contribution is 2.28. The first-order valence-corrected chi connectivity index (χ1v) is 7.47. The highest BCUT2D eigenvalue weighted by Gasteiger charge is 2.23. The Kier molecular flexibility index (Phi) is 3.75. The van der Waals surface area contributed by atoms with Crippen LogP contribution >= 0.6 is 11.5 Å². The van der Waals surface area contributed by atoms with Gasteiger partial charge in [0.1, 0.15) is 5.75 Å². The first-order valence-electron chi connectivity index (χ1n) is 6.63. The van der Waals surface area contributed by atoms with Crippen molar-refractivity contribution in [3.63, 3.8) is 0 Å². The van der Waals surface area contributed by atoms with E-state index in [0.29, 0.717) is 6.10 Å². The highest BCUT2D eigenvalue weighted by molar-refractivity contribution is 7.03. The van der Waals surface area contributed by atoms with Crippen LogP contribution in [-0.4, -0.2) is 22.2 Å². The molecule has 1 atom stereocenters. The van der Waals surface area contributed by atoms with Crippen molar-refractivity contribution < 1.29 is 4.74 Å². The summed E-state index contributed by atoms with van der Waals surface area (Å²) in [6.07, 6.45) is 2.82. The third-order valence-electron chi connectivity index (χ3n) is 3.12. The molecule has 1 unspecified atom stereocenters. The molecule has 1 aliphatic carbocycles. The van der Waals surface area contributed by atoms with Crippen LogP contribution in [0, 0.1) is 0 Å². The third-order valence-corrected chi connectivity index (χ3v) is 3.64. The van der Waals surface area contributed by atoms with Crippen LogP contribution in [0.25, 0.3) is 0 Å². The van der Waals surface area contributed by atoms with E-state index in [-0.39, 0.29) is 6.04 Å². The number of hydrogen-bond acceptors (Lipinski definition) is 5. The lowest BCUT2D eigenvalue weighted by Gasteiger charge is -2.16. The van der Waals surface area contributed by atoms with Crippen molar-refractivity contribution >= 4 is 11.5 Å². The zero-order valence-corrected chi connectivity index (χ0v) is 11.7. The number of hydrogen-bond donors (Lipinski definition) is 1. The van der Waals surface area contributed by atoms with E-state index >= 15 is 0 Å². The Hall–Kier alpha value is -1.46. The Morgan fingerprint density at radius 2 is 2.16 bits per heavy atom. The Labute approximate surface area is 117 Å². The van der Waals surface area contributed by atoms with E-state index in [1.807, 2.05) is 17.5 Å². The Balaban J connectivity index is 1.77. The molecule has 0 radical (unpaired) electrons. The second-order valence-electron chi connectivity index (χ2n) is 4.71. The zero-order chi connectivity index (χ0) is 13.1. The minimum atomic E-state index is 0.110. The maximum Gasteiger partial charge on any atom is 0.119 e. The molecule has 100 valence electrons. The molecule has 1 saturated carbocycles. The summed E-state index contributed by atoms with van der Waals surface area (Å²) >= 11 is 1.38. The summed E-state index contributed by atoms with van der Waals surface area (Å²) in [6.45, 7) is 2.99. The Morgan fingerprint density at radius 3 is 2.74 bits per heavy atom. The van der Waals surface area contributed by atoms with Gasteiger partial charge in [-0.2, -0.15) is 0 Å². The molecule has 0 aliphatic heterocycles. The van der Waals surface area contributed by atoms with Gasteiger partial charge in [-0.25, -0.2) is 0 Å². The van der Waals surface area contributed by atoms with Crippen LogP contribution in [0.3, 0.4) is 0 Å². The number of aromatic nitrogens is 2. The average molecular weight is 275 g/mol. The van der Waals surface area contributed by atoms with Gasteiger partial charge in [-0.05, 0) is 48.6 Å². The van der Waals surface area contributed by atoms with Crippen molar-refractivity contribution in [2.45, 2.75) is 31.9 Å². The molecule has 1 heterocycles. The summed E-state index contributed by atoms with van der Waals surface area (Å²) in [5.41, 5.74) is 2.17. The quantitative estimate of drug-likeness (QED) is 0.880. The largest absolute Gasteiger partial charge is 0.490 e. The van der Waals surface area contributed by atoms with Gasteiger partial charge in [0, 0.05) is 5.38 Å². The minimum absolute atomic E-state index is 0.110. The molecular formula is C14H17N3OS. The van der Waals surface area contributed by atoms with Crippen LogP contribution in [0.1, 0.15) is 37.1 Å². The van der Waals surface area contributed by atoms with Crippen LogP contribution in [0.15, 0.2) is 29.6 Å². The molecule has 4 nitrogen and oxygen atoms in total. The number of ether oxygens (including phenoxy) is 1. The fourth-order valence-electron chi connectivity index (χ4n) is 2.01. The van der Waals surface area contributed by atoms with E-state index < -0.39 is 0 Å². The minimum Gasteiger partial charge on any atom is -0.490 e. The van der Waals surface area contributed by atoms with Crippen LogP contribution in [-0.2, 0) is 0 Å². The number of benzene rings is 1. The lowest BCUT2D eigenvalue weighted by molar-refractivity contribution is 0.303. The first kappa shape index (κ1) is 12.6. The van der Waals surface area contributed by atoms with E-state index in [0.717, 1.165) is 18.0 Å². The topological polar surface area (TPSA) is 47.0 Å². The van der Waals surface area contributed by atoms with Crippen LogP contribution in [0.5, 0.6) is 5.75 Å². The van der Waals surface area contributed by atoms with E-state index in [2.05, 4.69) is 34.0 Å². The standard InChI is InChI=1S/C14H17N3OS/c1-2-15-14(13-9-19-17-16-13)10-3-5-11(6-4-10)18-12-7-8-12/h3-6,9,12,14-15H,2,7-8H2,1H3. The van der Waals surface area contributed by atoms with Gasteiger partial charge in [-0.1, -0.05) is 23.5 Å². The average Bonchev–Trinajstić information content (AvgIpc) is 3.08. The number of rotatable bonds is 6. The van der Waals surface area contributed by atoms with Gasteiger partial charge in [0.25, 0.3) is 0 Å². The van der Waals surface area contributed by atoms with Crippen molar-refractivity contribution in [3.05, 3.63) is 40.9 Å². The summed E-state index contributed by atoms with van der Waals surface area (Å²) in [6, 6.07) is 8.39. The van der Waals surface area contributed by atoms with Gasteiger partial charge in [0.2, 0.25) is 0 Å². The fraction of sp³-hybridized carbons (Fsp3) is 0.429. The second kappa shape index (κ2) is 5.67. The van der Waals surface area contributed by atoms with Gasteiger partial charge < -0.3 is 10.1 Å². The predicted molar refractivity (Wildman–Crippen MR) is 75.5 cm³/mol. The van der Waals surface area contributed by atoms with Gasteiger partial charge in [-0.15, -0.1) is 5.10 Å². The Morgan fingerprint density at radius 1 is 1.37 bits per heavy atom. The van der Waals surface area contributed by atoms with Crippen molar-refractivity contribution in [2.24, 2.45) is 0 Å². The maximum atomic E-state index is 5.76. The summed E-state index contributed by atoms with van der Waals surface area (Å²) in [4.78, 5) is 0. The summed E-state index contributed by atoms with van der Waals surface area (Å²) in [5, 5.41) is 9.59. The molecule has 1 aromatic carbocycles. The summed E-state index contributed by atoms with van der Waals surface area (Å²) < 4.78 is 9.71. The SMILES string of the molecule is CCNC(c1ccc(OC2CC2)cc1)c1csnn1. The number of nitrogens with one attached hydrogen (secondary N) is 1. The third kappa shape index (κ3) is 3.11. The second-order valence-corrected chi connectivity index (χ2v) is 5.32. The molecule has 1 aliphatic rings. The zero-order valence-electron chi connectivity index (χ0n) is 10.9. The van der Waals surface area contributed by atoms with E-state index in [1.54, 1.807) is 0 Å². The van der Waals surface area contributed by atoms with Crippen molar-refractivity contribution in [3.8, 4) is 5.75 Å². The van der Waals surface area contributed by atoms with Crippen molar-refractivity contribution in [1.29, 1.82) is 0 Å². The van der Waals surface area contributed by atoms with Gasteiger partial charge in [0.15, 0.2) is 0 Å². The van der Waals surface area contributed by atoms with Crippen molar-refractivity contribution in [2.75, 3.05) is 6.54 Å². The van der Waals surface area contributed by atoms with Gasteiger partial charge >= 0.3 is 0 Å². The molecule has 0 spiro atoms. The van der Waals surface area contributed by atoms with E-state index in [9.17, 15) is 0 Å². The fourth-order valence-corrected chi connectivity index (χ4v) is 2.49. The van der Waals surface area contributed by atoms with Gasteiger partial charge in [-0.3, -0.25) is 0 Å². The van der Waals surface area contributed by atoms with Crippen LogP contribution < -0.4 is 10.1 Å². The first-order chi connectivity index (χ1) is 9.36.